The third kappa shape index (κ3) is 3.10. The summed E-state index contributed by atoms with van der Waals surface area (Å²) in [5.41, 5.74) is 2.35. The van der Waals surface area contributed by atoms with Gasteiger partial charge in [-0.1, -0.05) is 23.8 Å². The van der Waals surface area contributed by atoms with Crippen molar-refractivity contribution in [1.82, 2.24) is 5.32 Å². The van der Waals surface area contributed by atoms with Crippen molar-refractivity contribution < 1.29 is 4.74 Å². The third-order valence-corrected chi connectivity index (χ3v) is 2.42. The zero-order valence-corrected chi connectivity index (χ0v) is 9.71. The highest BCUT2D eigenvalue weighted by atomic mass is 16.5. The molecule has 2 heteroatoms. The zero-order chi connectivity index (χ0) is 11.3. The maximum Gasteiger partial charge on any atom is 0.123 e. The quantitative estimate of drug-likeness (QED) is 0.746. The van der Waals surface area contributed by atoms with Crippen molar-refractivity contribution in [2.45, 2.75) is 19.4 Å². The first kappa shape index (κ1) is 11.8. The van der Waals surface area contributed by atoms with E-state index in [0.29, 0.717) is 0 Å². The molecule has 82 valence electrons. The number of para-hydroxylation sites is 1. The molecule has 0 aliphatic carbocycles. The molecule has 0 bridgehead atoms. The average Bonchev–Trinajstić information content (AvgIpc) is 2.25. The fourth-order valence-electron chi connectivity index (χ4n) is 1.67. The molecule has 0 aliphatic rings. The second-order valence-corrected chi connectivity index (χ2v) is 3.74. The molecule has 1 aromatic carbocycles. The predicted octanol–water partition coefficient (Wildman–Crippen LogP) is 2.92. The Labute approximate surface area is 92.0 Å². The van der Waals surface area contributed by atoms with Crippen LogP contribution in [-0.4, -0.2) is 14.2 Å². The van der Waals surface area contributed by atoms with Crippen molar-refractivity contribution in [3.05, 3.63) is 42.0 Å². The molecule has 1 N–H and O–H groups in total. The fraction of sp³-hybridized carbons (Fsp3) is 0.385. The molecule has 1 atom stereocenters. The summed E-state index contributed by atoms with van der Waals surface area (Å²) in [5.74, 6) is 0.929. The van der Waals surface area contributed by atoms with Crippen LogP contribution in [0.1, 0.15) is 24.9 Å². The van der Waals surface area contributed by atoms with Gasteiger partial charge >= 0.3 is 0 Å². The molecule has 0 fully saturated rings. The molecule has 0 spiro atoms. The first-order valence-corrected chi connectivity index (χ1v) is 5.13. The van der Waals surface area contributed by atoms with Gasteiger partial charge in [-0.3, -0.25) is 0 Å². The van der Waals surface area contributed by atoms with Crippen molar-refractivity contribution >= 4 is 0 Å². The summed E-state index contributed by atoms with van der Waals surface area (Å²) in [7, 11) is 3.66. The van der Waals surface area contributed by atoms with Gasteiger partial charge in [0.15, 0.2) is 0 Å². The molecule has 2 nitrogen and oxygen atoms in total. The van der Waals surface area contributed by atoms with Crippen LogP contribution in [0.4, 0.5) is 0 Å². The maximum absolute atomic E-state index is 5.34. The van der Waals surface area contributed by atoms with Crippen molar-refractivity contribution in [2.75, 3.05) is 14.2 Å². The van der Waals surface area contributed by atoms with E-state index in [9.17, 15) is 0 Å². The number of hydrogen-bond acceptors (Lipinski definition) is 2. The third-order valence-electron chi connectivity index (χ3n) is 2.42. The van der Waals surface area contributed by atoms with E-state index >= 15 is 0 Å². The Bertz CT molecular complexity index is 333. The topological polar surface area (TPSA) is 21.3 Å². The van der Waals surface area contributed by atoms with Crippen molar-refractivity contribution in [1.29, 1.82) is 0 Å². The van der Waals surface area contributed by atoms with Gasteiger partial charge in [0.05, 0.1) is 7.11 Å². The second kappa shape index (κ2) is 5.56. The van der Waals surface area contributed by atoms with Crippen LogP contribution >= 0.6 is 0 Å². The number of nitrogens with one attached hydrogen (secondary N) is 1. The monoisotopic (exact) mass is 205 g/mol. The highest BCUT2D eigenvalue weighted by Gasteiger charge is 2.13. The molecule has 0 radical (unpaired) electrons. The summed E-state index contributed by atoms with van der Waals surface area (Å²) < 4.78 is 5.34. The lowest BCUT2D eigenvalue weighted by Crippen LogP contribution is -2.17. The number of rotatable bonds is 5. The van der Waals surface area contributed by atoms with Crippen LogP contribution in [0.15, 0.2) is 36.4 Å². The molecular formula is C13H19NO. The van der Waals surface area contributed by atoms with E-state index in [2.05, 4.69) is 18.0 Å². The summed E-state index contributed by atoms with van der Waals surface area (Å²) in [4.78, 5) is 0. The zero-order valence-electron chi connectivity index (χ0n) is 9.71. The van der Waals surface area contributed by atoms with Crippen LogP contribution in [0, 0.1) is 0 Å². The Morgan fingerprint density at radius 3 is 2.67 bits per heavy atom. The van der Waals surface area contributed by atoms with Crippen LogP contribution in [0.5, 0.6) is 5.75 Å². The lowest BCUT2D eigenvalue weighted by molar-refractivity contribution is 0.401. The molecule has 0 amide bonds. The highest BCUT2D eigenvalue weighted by Crippen LogP contribution is 2.28. The molecule has 1 aromatic rings. The van der Waals surface area contributed by atoms with Gasteiger partial charge in [-0.2, -0.15) is 0 Å². The molecule has 0 saturated carbocycles. The number of methoxy groups -OCH3 is 1. The van der Waals surface area contributed by atoms with E-state index in [4.69, 9.17) is 4.74 Å². The predicted molar refractivity (Wildman–Crippen MR) is 64.2 cm³/mol. The Morgan fingerprint density at radius 2 is 2.13 bits per heavy atom. The SMILES string of the molecule is C=C(C)CC(NC)c1ccccc1OC. The van der Waals surface area contributed by atoms with E-state index in [-0.39, 0.29) is 6.04 Å². The van der Waals surface area contributed by atoms with Crippen LogP contribution in [-0.2, 0) is 0 Å². The van der Waals surface area contributed by atoms with Gasteiger partial charge in [0.1, 0.15) is 5.75 Å². The molecule has 15 heavy (non-hydrogen) atoms. The number of ether oxygens (including phenoxy) is 1. The average molecular weight is 205 g/mol. The van der Waals surface area contributed by atoms with Gasteiger partial charge in [-0.15, -0.1) is 6.58 Å². The summed E-state index contributed by atoms with van der Waals surface area (Å²) in [6, 6.07) is 8.36. The van der Waals surface area contributed by atoms with Gasteiger partial charge in [0.25, 0.3) is 0 Å². The van der Waals surface area contributed by atoms with Gasteiger partial charge < -0.3 is 10.1 Å². The van der Waals surface area contributed by atoms with Crippen molar-refractivity contribution in [3.8, 4) is 5.75 Å². The molecule has 0 aromatic heterocycles. The fourth-order valence-corrected chi connectivity index (χ4v) is 1.67. The van der Waals surface area contributed by atoms with Crippen molar-refractivity contribution in [3.63, 3.8) is 0 Å². The molecule has 0 aliphatic heterocycles. The van der Waals surface area contributed by atoms with Crippen LogP contribution in [0.25, 0.3) is 0 Å². The summed E-state index contributed by atoms with van der Waals surface area (Å²) >= 11 is 0. The van der Waals surface area contributed by atoms with Gasteiger partial charge in [0.2, 0.25) is 0 Å². The lowest BCUT2D eigenvalue weighted by Gasteiger charge is -2.19. The van der Waals surface area contributed by atoms with Crippen LogP contribution in [0.3, 0.4) is 0 Å². The van der Waals surface area contributed by atoms with Gasteiger partial charge in [-0.05, 0) is 26.5 Å². The smallest absolute Gasteiger partial charge is 0.123 e. The Balaban J connectivity index is 2.95. The van der Waals surface area contributed by atoms with Crippen LogP contribution in [0.2, 0.25) is 0 Å². The van der Waals surface area contributed by atoms with E-state index in [1.807, 2.05) is 32.2 Å². The highest BCUT2D eigenvalue weighted by molar-refractivity contribution is 5.36. The molecule has 0 saturated heterocycles. The van der Waals surface area contributed by atoms with Gasteiger partial charge in [0, 0.05) is 11.6 Å². The van der Waals surface area contributed by atoms with E-state index in [1.165, 1.54) is 11.1 Å². The first-order valence-electron chi connectivity index (χ1n) is 5.13. The summed E-state index contributed by atoms with van der Waals surface area (Å²) in [5, 5.41) is 3.28. The Hall–Kier alpha value is -1.28. The summed E-state index contributed by atoms with van der Waals surface area (Å²) in [6.45, 7) is 5.98. The second-order valence-electron chi connectivity index (χ2n) is 3.74. The maximum atomic E-state index is 5.34. The molecule has 0 heterocycles. The molecule has 1 rings (SSSR count). The minimum absolute atomic E-state index is 0.277. The molecule has 1 unspecified atom stereocenters. The van der Waals surface area contributed by atoms with E-state index in [1.54, 1.807) is 7.11 Å². The largest absolute Gasteiger partial charge is 0.496 e. The van der Waals surface area contributed by atoms with E-state index < -0.39 is 0 Å². The van der Waals surface area contributed by atoms with Gasteiger partial charge in [-0.25, -0.2) is 0 Å². The van der Waals surface area contributed by atoms with Crippen LogP contribution < -0.4 is 10.1 Å². The number of benzene rings is 1. The van der Waals surface area contributed by atoms with E-state index in [0.717, 1.165) is 12.2 Å². The first-order chi connectivity index (χ1) is 7.19. The minimum Gasteiger partial charge on any atom is -0.496 e. The standard InChI is InChI=1S/C13H19NO/c1-10(2)9-12(14-3)11-7-5-6-8-13(11)15-4/h5-8,12,14H,1,9H2,2-4H3. The summed E-state index contributed by atoms with van der Waals surface area (Å²) in [6.07, 6.45) is 0.927. The minimum atomic E-state index is 0.277. The number of hydrogen-bond donors (Lipinski definition) is 1. The van der Waals surface area contributed by atoms with Crippen molar-refractivity contribution in [2.24, 2.45) is 0 Å². The Kier molecular flexibility index (Phi) is 4.37. The Morgan fingerprint density at radius 1 is 1.47 bits per heavy atom. The lowest BCUT2D eigenvalue weighted by atomic mass is 9.99. The normalized spacial score (nSPS) is 12.2. The molecular weight excluding hydrogens is 186 g/mol.